The lowest BCUT2D eigenvalue weighted by Gasteiger charge is -2.64. The van der Waals surface area contributed by atoms with Gasteiger partial charge in [0.05, 0.1) is 44.2 Å². The minimum absolute atomic E-state index is 0.0896. The first-order valence-corrected chi connectivity index (χ1v) is 22.6. The molecule has 7 aliphatic rings. The monoisotopic (exact) mass is 886 g/mol. The van der Waals surface area contributed by atoms with Crippen LogP contribution in [0.4, 0.5) is 0 Å². The molecule has 0 aromatic rings. The third kappa shape index (κ3) is 8.82. The van der Waals surface area contributed by atoms with Crippen LogP contribution >= 0.6 is 0 Å². The zero-order valence-electron chi connectivity index (χ0n) is 36.9. The first-order chi connectivity index (χ1) is 29.1. The van der Waals surface area contributed by atoms with E-state index in [2.05, 4.69) is 13.8 Å². The minimum atomic E-state index is -1.55. The van der Waals surface area contributed by atoms with Crippen molar-refractivity contribution in [1.82, 2.24) is 0 Å². The molecule has 18 heteroatoms. The topological polar surface area (TPSA) is 267 Å². The van der Waals surface area contributed by atoms with Crippen LogP contribution in [-0.2, 0) is 52.3 Å². The van der Waals surface area contributed by atoms with Gasteiger partial charge in [-0.15, -0.1) is 0 Å². The molecule has 0 spiro atoms. The summed E-state index contributed by atoms with van der Waals surface area (Å²) in [6, 6.07) is 0. The summed E-state index contributed by atoms with van der Waals surface area (Å²) < 4.78 is 48.3. The van der Waals surface area contributed by atoms with E-state index in [1.807, 2.05) is 13.8 Å². The lowest BCUT2D eigenvalue weighted by Crippen LogP contribution is -2.64. The predicted octanol–water partition coefficient (Wildman–Crippen LogP) is 0.690. The Morgan fingerprint density at radius 2 is 1.47 bits per heavy atom. The third-order valence-corrected chi connectivity index (χ3v) is 16.3. The number of esters is 3. The van der Waals surface area contributed by atoms with Crippen molar-refractivity contribution in [3.8, 4) is 0 Å². The van der Waals surface area contributed by atoms with Crippen LogP contribution in [0.5, 0.6) is 0 Å². The summed E-state index contributed by atoms with van der Waals surface area (Å²) in [6.07, 6.45) is -9.78. The molecule has 0 bridgehead atoms. The van der Waals surface area contributed by atoms with Gasteiger partial charge in [-0.1, -0.05) is 27.7 Å². The van der Waals surface area contributed by atoms with Gasteiger partial charge < -0.3 is 73.6 Å². The van der Waals surface area contributed by atoms with E-state index in [9.17, 15) is 50.1 Å². The third-order valence-electron chi connectivity index (χ3n) is 16.3. The molecule has 7 rings (SSSR count). The molecule has 23 atom stereocenters. The van der Waals surface area contributed by atoms with Gasteiger partial charge in [-0.05, 0) is 91.3 Å². The lowest BCUT2D eigenvalue weighted by molar-refractivity contribution is -0.315. The molecule has 0 aromatic carbocycles. The van der Waals surface area contributed by atoms with Gasteiger partial charge in [0.2, 0.25) is 0 Å². The van der Waals surface area contributed by atoms with Crippen LogP contribution in [0.25, 0.3) is 0 Å². The van der Waals surface area contributed by atoms with Gasteiger partial charge >= 0.3 is 17.9 Å². The molecular formula is C44H70O18. The standard InChI is InChI=1S/C44H70O18/c1-19(17-55-40-37(53)36(52)35(51)31(16-45)61-40)10-11-44(54)20(2)33-29(62-44)13-26-25-9-8-24-12-27(49)28(50)14-42(24,6)34(25)30(15-43(26,33)7)60-41-39(59-23(5)48)38(58-22(4)47)32(18-56-41)57-21(3)46/h19-20,24-41,45,49-54H,8-18H2,1-7H3/t19-,20+,24-,25+,26+,27-,28+,29+,30-,31-,32+,33+,34-,35-,36+,37-,38+,39-,40-,41+,42+,43+,44+/m1/s1. The van der Waals surface area contributed by atoms with Gasteiger partial charge in [0.15, 0.2) is 36.7 Å². The van der Waals surface area contributed by atoms with Gasteiger partial charge in [-0.25, -0.2) is 0 Å². The van der Waals surface area contributed by atoms with Crippen molar-refractivity contribution in [3.63, 3.8) is 0 Å². The number of aliphatic hydroxyl groups is 7. The van der Waals surface area contributed by atoms with Crippen LogP contribution in [0, 0.1) is 52.3 Å². The Morgan fingerprint density at radius 1 is 0.790 bits per heavy atom. The van der Waals surface area contributed by atoms with Gasteiger partial charge in [-0.2, -0.15) is 0 Å². The fraction of sp³-hybridized carbons (Fsp3) is 0.932. The molecule has 3 saturated heterocycles. The highest BCUT2D eigenvalue weighted by Gasteiger charge is 2.71. The van der Waals surface area contributed by atoms with Crippen molar-refractivity contribution in [1.29, 1.82) is 0 Å². The number of hydrogen-bond acceptors (Lipinski definition) is 18. The Bertz CT molecular complexity index is 1610. The van der Waals surface area contributed by atoms with E-state index in [1.54, 1.807) is 0 Å². The summed E-state index contributed by atoms with van der Waals surface area (Å²) in [6.45, 7) is 11.4. The molecule has 62 heavy (non-hydrogen) atoms. The Balaban J connectivity index is 1.12. The van der Waals surface area contributed by atoms with Gasteiger partial charge in [0.25, 0.3) is 0 Å². The Hall–Kier alpha value is -2.07. The summed E-state index contributed by atoms with van der Waals surface area (Å²) in [4.78, 5) is 37.1. The summed E-state index contributed by atoms with van der Waals surface area (Å²) >= 11 is 0. The molecule has 18 nitrogen and oxygen atoms in total. The smallest absolute Gasteiger partial charge is 0.303 e. The molecule has 0 aromatic heterocycles. The van der Waals surface area contributed by atoms with Crippen molar-refractivity contribution in [3.05, 3.63) is 0 Å². The fourth-order valence-electron chi connectivity index (χ4n) is 13.5. The average Bonchev–Trinajstić information content (AvgIpc) is 3.62. The van der Waals surface area contributed by atoms with Crippen LogP contribution in [0.3, 0.4) is 0 Å². The highest BCUT2D eigenvalue weighted by molar-refractivity contribution is 5.68. The van der Waals surface area contributed by atoms with Crippen LogP contribution in [-0.4, -0.2) is 159 Å². The quantitative estimate of drug-likeness (QED) is 0.105. The van der Waals surface area contributed by atoms with E-state index in [0.717, 1.165) is 12.8 Å². The number of carbonyl (C=O) groups excluding carboxylic acids is 3. The van der Waals surface area contributed by atoms with Crippen molar-refractivity contribution in [2.24, 2.45) is 52.3 Å². The van der Waals surface area contributed by atoms with E-state index >= 15 is 0 Å². The van der Waals surface area contributed by atoms with Crippen molar-refractivity contribution in [2.45, 2.75) is 185 Å². The number of aliphatic hydroxyl groups excluding tert-OH is 6. The fourth-order valence-corrected chi connectivity index (χ4v) is 13.5. The average molecular weight is 887 g/mol. The Kier molecular flexibility index (Phi) is 14.1. The lowest BCUT2D eigenvalue weighted by atomic mass is 9.43. The van der Waals surface area contributed by atoms with Gasteiger partial charge in [0, 0.05) is 33.1 Å². The van der Waals surface area contributed by atoms with E-state index in [-0.39, 0.29) is 67.2 Å². The minimum Gasteiger partial charge on any atom is -0.456 e. The second kappa shape index (κ2) is 18.3. The maximum Gasteiger partial charge on any atom is 0.303 e. The van der Waals surface area contributed by atoms with Crippen LogP contribution < -0.4 is 0 Å². The number of rotatable bonds is 12. The SMILES string of the molecule is CC(=O)O[C@@H]1[C@@H](OC(C)=O)[C@H](O[C@@H]2C[C@]3(C)[C@@H]4[C@H](C[C@H]3[C@@H]3CC[C@@H]5C[C@@H](O)[C@@H](O)C[C@]5(C)[C@H]32)O[C@@](O)(CC[C@@H](C)CO[C@@H]2O[C@H](CO)[C@@H](O)[C@H](O)[C@H]2O)[C@H]4C)OC[C@@H]1OC(C)=O. The normalized spacial score (nSPS) is 50.3. The van der Waals surface area contributed by atoms with Gasteiger partial charge in [0.1, 0.15) is 24.4 Å². The Morgan fingerprint density at radius 3 is 2.13 bits per heavy atom. The predicted molar refractivity (Wildman–Crippen MR) is 212 cm³/mol. The van der Waals surface area contributed by atoms with Crippen LogP contribution in [0.15, 0.2) is 0 Å². The van der Waals surface area contributed by atoms with Gasteiger partial charge in [-0.3, -0.25) is 14.4 Å². The molecular weight excluding hydrogens is 816 g/mol. The Labute approximate surface area is 362 Å². The molecule has 354 valence electrons. The number of ether oxygens (including phenoxy) is 8. The second-order valence-electron chi connectivity index (χ2n) is 20.3. The van der Waals surface area contributed by atoms with Crippen molar-refractivity contribution < 1.29 is 88.0 Å². The first kappa shape index (κ1) is 47.9. The summed E-state index contributed by atoms with van der Waals surface area (Å²) in [5.41, 5.74) is -0.872. The van der Waals surface area contributed by atoms with Crippen LogP contribution in [0.1, 0.15) is 99.8 Å². The molecule has 0 unspecified atom stereocenters. The largest absolute Gasteiger partial charge is 0.456 e. The highest BCUT2D eigenvalue weighted by atomic mass is 16.7. The van der Waals surface area contributed by atoms with Crippen LogP contribution in [0.2, 0.25) is 0 Å². The highest BCUT2D eigenvalue weighted by Crippen LogP contribution is 2.71. The molecule has 3 heterocycles. The molecule has 7 N–H and O–H groups in total. The zero-order valence-corrected chi connectivity index (χ0v) is 36.9. The first-order valence-electron chi connectivity index (χ1n) is 22.6. The second-order valence-corrected chi connectivity index (χ2v) is 20.3. The maximum absolute atomic E-state index is 12.6. The van der Waals surface area contributed by atoms with E-state index < -0.39 is 115 Å². The maximum atomic E-state index is 12.6. The summed E-state index contributed by atoms with van der Waals surface area (Å²) in [5.74, 6) is -3.76. The van der Waals surface area contributed by atoms with Crippen molar-refractivity contribution >= 4 is 17.9 Å². The van der Waals surface area contributed by atoms with E-state index in [4.69, 9.17) is 37.9 Å². The summed E-state index contributed by atoms with van der Waals surface area (Å²) in [5, 5.41) is 74.6. The number of hydrogen-bond donors (Lipinski definition) is 7. The summed E-state index contributed by atoms with van der Waals surface area (Å²) in [7, 11) is 0. The molecule has 0 radical (unpaired) electrons. The number of fused-ring (bicyclic) bond motifs is 7. The number of carbonyl (C=O) groups is 3. The molecule has 4 saturated carbocycles. The van der Waals surface area contributed by atoms with Crippen molar-refractivity contribution in [2.75, 3.05) is 19.8 Å². The molecule has 0 amide bonds. The molecule has 3 aliphatic heterocycles. The molecule has 4 aliphatic carbocycles. The van der Waals surface area contributed by atoms with E-state index in [0.29, 0.717) is 32.1 Å². The zero-order chi connectivity index (χ0) is 45.2. The molecule has 7 fully saturated rings. The van der Waals surface area contributed by atoms with E-state index in [1.165, 1.54) is 20.8 Å².